The summed E-state index contributed by atoms with van der Waals surface area (Å²) >= 11 is 0. The number of aromatic nitrogens is 1. The molecule has 0 bridgehead atoms. The van der Waals surface area contributed by atoms with Gasteiger partial charge in [0.1, 0.15) is 6.61 Å². The summed E-state index contributed by atoms with van der Waals surface area (Å²) in [5.41, 5.74) is 3.48. The Morgan fingerprint density at radius 2 is 1.95 bits per heavy atom. The molecule has 0 atom stereocenters. The van der Waals surface area contributed by atoms with E-state index in [0.717, 1.165) is 11.2 Å². The largest absolute Gasteiger partial charge is 0.411 e. The van der Waals surface area contributed by atoms with Gasteiger partial charge in [-0.15, -0.1) is 0 Å². The molecule has 1 N–H and O–H groups in total. The Morgan fingerprint density at radius 1 is 1.24 bits per heavy atom. The van der Waals surface area contributed by atoms with Crippen molar-refractivity contribution in [2.45, 2.75) is 19.6 Å². The van der Waals surface area contributed by atoms with E-state index in [0.29, 0.717) is 13.1 Å². The molecule has 1 heterocycles. The van der Waals surface area contributed by atoms with Crippen LogP contribution in [-0.2, 0) is 18.3 Å². The highest BCUT2D eigenvalue weighted by atomic mass is 19.4. The van der Waals surface area contributed by atoms with Crippen molar-refractivity contribution >= 4 is 10.9 Å². The van der Waals surface area contributed by atoms with Crippen molar-refractivity contribution < 1.29 is 17.9 Å². The van der Waals surface area contributed by atoms with Gasteiger partial charge in [0.2, 0.25) is 0 Å². The number of nitrogens with one attached hydrogen (secondary N) is 1. The molecule has 0 fully saturated rings. The van der Waals surface area contributed by atoms with E-state index in [1.807, 2.05) is 19.2 Å². The molecule has 6 heteroatoms. The second-order valence-corrected chi connectivity index (χ2v) is 4.99. The lowest BCUT2D eigenvalue weighted by molar-refractivity contribution is -0.173. The van der Waals surface area contributed by atoms with Crippen molar-refractivity contribution in [3.8, 4) is 0 Å². The molecule has 0 saturated heterocycles. The number of rotatable bonds is 6. The highest BCUT2D eigenvalue weighted by Gasteiger charge is 2.27. The van der Waals surface area contributed by atoms with Crippen LogP contribution in [0.3, 0.4) is 0 Å². The van der Waals surface area contributed by atoms with Gasteiger partial charge in [-0.05, 0) is 18.6 Å². The number of alkyl halides is 3. The van der Waals surface area contributed by atoms with Gasteiger partial charge in [-0.1, -0.05) is 18.2 Å². The maximum absolute atomic E-state index is 11.9. The Bertz CT molecular complexity index is 566. The van der Waals surface area contributed by atoms with E-state index in [1.165, 1.54) is 10.9 Å². The molecule has 21 heavy (non-hydrogen) atoms. The minimum absolute atomic E-state index is 0.0441. The van der Waals surface area contributed by atoms with E-state index < -0.39 is 12.8 Å². The van der Waals surface area contributed by atoms with Crippen LogP contribution in [0, 0.1) is 6.92 Å². The van der Waals surface area contributed by atoms with Gasteiger partial charge >= 0.3 is 6.18 Å². The summed E-state index contributed by atoms with van der Waals surface area (Å²) in [4.78, 5) is 0. The summed E-state index contributed by atoms with van der Waals surface area (Å²) in [6.45, 7) is 1.90. The van der Waals surface area contributed by atoms with E-state index in [1.54, 1.807) is 0 Å². The summed E-state index contributed by atoms with van der Waals surface area (Å²) in [6.07, 6.45) is -4.26. The average Bonchev–Trinajstić information content (AvgIpc) is 2.66. The number of aryl methyl sites for hydroxylation is 2. The minimum atomic E-state index is -4.26. The molecule has 2 aromatic rings. The molecule has 0 aliphatic heterocycles. The molecule has 2 rings (SSSR count). The zero-order valence-corrected chi connectivity index (χ0v) is 12.1. The predicted molar refractivity (Wildman–Crippen MR) is 76.2 cm³/mol. The van der Waals surface area contributed by atoms with E-state index in [4.69, 9.17) is 0 Å². The smallest absolute Gasteiger partial charge is 0.371 e. The number of halogens is 3. The fourth-order valence-electron chi connectivity index (χ4n) is 2.43. The first-order chi connectivity index (χ1) is 9.90. The van der Waals surface area contributed by atoms with E-state index in [2.05, 4.69) is 33.7 Å². The third-order valence-corrected chi connectivity index (χ3v) is 3.49. The Labute approximate surface area is 121 Å². The molecule has 0 spiro atoms. The monoisotopic (exact) mass is 300 g/mol. The van der Waals surface area contributed by atoms with E-state index in [-0.39, 0.29) is 6.61 Å². The number of benzene rings is 1. The lowest BCUT2D eigenvalue weighted by atomic mass is 10.1. The lowest BCUT2D eigenvalue weighted by Gasteiger charge is -2.10. The zero-order chi connectivity index (χ0) is 15.5. The first-order valence-electron chi connectivity index (χ1n) is 6.78. The van der Waals surface area contributed by atoms with Crippen molar-refractivity contribution in [3.05, 3.63) is 35.5 Å². The first kappa shape index (κ1) is 15.9. The van der Waals surface area contributed by atoms with Crippen LogP contribution in [0.25, 0.3) is 10.9 Å². The standard InChI is InChI=1S/C15H19F3N2O/c1-11-12-5-3-4-6-13(12)20(2)14(11)9-19-7-8-21-10-15(16,17)18/h3-6,19H,7-10H2,1-2H3. The van der Waals surface area contributed by atoms with Gasteiger partial charge in [0.15, 0.2) is 0 Å². The summed E-state index contributed by atoms with van der Waals surface area (Å²) in [7, 11) is 1.99. The van der Waals surface area contributed by atoms with Crippen LogP contribution in [0.1, 0.15) is 11.3 Å². The number of para-hydroxylation sites is 1. The molecule has 0 aliphatic rings. The van der Waals surface area contributed by atoms with Gasteiger partial charge in [0.05, 0.1) is 6.61 Å². The molecule has 3 nitrogen and oxygen atoms in total. The van der Waals surface area contributed by atoms with Crippen LogP contribution in [0.2, 0.25) is 0 Å². The van der Waals surface area contributed by atoms with Crippen LogP contribution in [0.4, 0.5) is 13.2 Å². The van der Waals surface area contributed by atoms with Crippen LogP contribution < -0.4 is 5.32 Å². The molecule has 0 unspecified atom stereocenters. The quantitative estimate of drug-likeness (QED) is 0.829. The summed E-state index contributed by atoms with van der Waals surface area (Å²) in [6, 6.07) is 8.11. The van der Waals surface area contributed by atoms with Crippen LogP contribution in [0.5, 0.6) is 0 Å². The predicted octanol–water partition coefficient (Wildman–Crippen LogP) is 3.16. The first-order valence-corrected chi connectivity index (χ1v) is 6.78. The summed E-state index contributed by atoms with van der Waals surface area (Å²) in [5, 5.41) is 4.32. The maximum Gasteiger partial charge on any atom is 0.411 e. The third kappa shape index (κ3) is 3.98. The lowest BCUT2D eigenvalue weighted by Crippen LogP contribution is -2.24. The number of nitrogens with zero attached hydrogens (tertiary/aromatic N) is 1. The Balaban J connectivity index is 1.87. The molecular formula is C15H19F3N2O. The average molecular weight is 300 g/mol. The molecule has 0 amide bonds. The third-order valence-electron chi connectivity index (χ3n) is 3.49. The van der Waals surface area contributed by atoms with Crippen molar-refractivity contribution in [1.82, 2.24) is 9.88 Å². The number of hydrogen-bond donors (Lipinski definition) is 1. The van der Waals surface area contributed by atoms with Crippen molar-refractivity contribution in [3.63, 3.8) is 0 Å². The SMILES string of the molecule is Cc1c(CNCCOCC(F)(F)F)n(C)c2ccccc12. The maximum atomic E-state index is 11.9. The second-order valence-electron chi connectivity index (χ2n) is 4.99. The molecule has 1 aromatic carbocycles. The Hall–Kier alpha value is -1.53. The molecule has 0 saturated carbocycles. The zero-order valence-electron chi connectivity index (χ0n) is 12.1. The molecule has 116 valence electrons. The molecule has 1 aromatic heterocycles. The Kier molecular flexibility index (Phi) is 4.90. The number of ether oxygens (including phenoxy) is 1. The Morgan fingerprint density at radius 3 is 2.62 bits per heavy atom. The van der Waals surface area contributed by atoms with Crippen molar-refractivity contribution in [1.29, 1.82) is 0 Å². The normalized spacial score (nSPS) is 12.2. The fraction of sp³-hybridized carbons (Fsp3) is 0.467. The highest BCUT2D eigenvalue weighted by molar-refractivity contribution is 5.85. The number of hydrogen-bond acceptors (Lipinski definition) is 2. The van der Waals surface area contributed by atoms with Gasteiger partial charge in [0, 0.05) is 36.7 Å². The van der Waals surface area contributed by atoms with Gasteiger partial charge < -0.3 is 14.6 Å². The van der Waals surface area contributed by atoms with Crippen LogP contribution in [0.15, 0.2) is 24.3 Å². The highest BCUT2D eigenvalue weighted by Crippen LogP contribution is 2.24. The van der Waals surface area contributed by atoms with Gasteiger partial charge in [0.25, 0.3) is 0 Å². The fourth-order valence-corrected chi connectivity index (χ4v) is 2.43. The molecular weight excluding hydrogens is 281 g/mol. The van der Waals surface area contributed by atoms with Crippen molar-refractivity contribution in [2.75, 3.05) is 19.8 Å². The summed E-state index contributed by atoms with van der Waals surface area (Å²) in [5.74, 6) is 0. The van der Waals surface area contributed by atoms with Gasteiger partial charge in [-0.25, -0.2) is 0 Å². The van der Waals surface area contributed by atoms with E-state index >= 15 is 0 Å². The van der Waals surface area contributed by atoms with E-state index in [9.17, 15) is 13.2 Å². The van der Waals surface area contributed by atoms with Crippen LogP contribution in [-0.4, -0.2) is 30.5 Å². The minimum Gasteiger partial charge on any atom is -0.371 e. The second kappa shape index (κ2) is 6.49. The molecule has 0 radical (unpaired) electrons. The van der Waals surface area contributed by atoms with Crippen LogP contribution >= 0.6 is 0 Å². The summed E-state index contributed by atoms with van der Waals surface area (Å²) < 4.78 is 42.4. The topological polar surface area (TPSA) is 26.2 Å². The number of fused-ring (bicyclic) bond motifs is 1. The molecule has 0 aliphatic carbocycles. The van der Waals surface area contributed by atoms with Crippen molar-refractivity contribution in [2.24, 2.45) is 7.05 Å². The van der Waals surface area contributed by atoms with Gasteiger partial charge in [-0.2, -0.15) is 13.2 Å². The van der Waals surface area contributed by atoms with Gasteiger partial charge in [-0.3, -0.25) is 0 Å².